The Hall–Kier alpha value is -0.960. The minimum atomic E-state index is -0.230. The molecule has 0 saturated heterocycles. The summed E-state index contributed by atoms with van der Waals surface area (Å²) >= 11 is 4.08. The zero-order valence-corrected chi connectivity index (χ0v) is 10.7. The van der Waals surface area contributed by atoms with Gasteiger partial charge in [0.15, 0.2) is 0 Å². The average Bonchev–Trinajstić information content (AvgIpc) is 2.29. The van der Waals surface area contributed by atoms with E-state index >= 15 is 0 Å². The first-order chi connectivity index (χ1) is 7.61. The highest BCUT2D eigenvalue weighted by Crippen LogP contribution is 2.17. The van der Waals surface area contributed by atoms with Gasteiger partial charge in [0.1, 0.15) is 0 Å². The van der Waals surface area contributed by atoms with E-state index in [1.165, 1.54) is 5.56 Å². The van der Waals surface area contributed by atoms with E-state index in [1.54, 1.807) is 6.92 Å². The highest BCUT2D eigenvalue weighted by molar-refractivity contribution is 7.81. The van der Waals surface area contributed by atoms with Gasteiger partial charge in [0.2, 0.25) is 5.91 Å². The molecular weight excluding hydrogens is 218 g/mol. The van der Waals surface area contributed by atoms with E-state index in [1.807, 2.05) is 18.2 Å². The Morgan fingerprint density at radius 1 is 1.31 bits per heavy atom. The molecule has 88 valence electrons. The van der Waals surface area contributed by atoms with Gasteiger partial charge >= 0.3 is 0 Å². The molecule has 0 heterocycles. The number of rotatable bonds is 5. The molecule has 2 unspecified atom stereocenters. The fraction of sp³-hybridized carbons (Fsp3) is 0.462. The van der Waals surface area contributed by atoms with Crippen LogP contribution in [0.2, 0.25) is 0 Å². The van der Waals surface area contributed by atoms with Crippen LogP contribution in [0.4, 0.5) is 0 Å². The fourth-order valence-electron chi connectivity index (χ4n) is 1.51. The molecule has 0 aliphatic heterocycles. The lowest BCUT2D eigenvalue weighted by atomic mass is 9.98. The topological polar surface area (TPSA) is 29.1 Å². The van der Waals surface area contributed by atoms with Gasteiger partial charge in [-0.25, -0.2) is 0 Å². The van der Waals surface area contributed by atoms with Gasteiger partial charge in [-0.1, -0.05) is 37.3 Å². The van der Waals surface area contributed by atoms with Gasteiger partial charge in [0.05, 0.1) is 5.25 Å². The molecule has 1 rings (SSSR count). The molecule has 1 aromatic rings. The van der Waals surface area contributed by atoms with Gasteiger partial charge in [0, 0.05) is 6.54 Å². The summed E-state index contributed by atoms with van der Waals surface area (Å²) in [5, 5.41) is 2.64. The van der Waals surface area contributed by atoms with Crippen LogP contribution in [0.1, 0.15) is 31.7 Å². The first-order valence-corrected chi connectivity index (χ1v) is 6.13. The van der Waals surface area contributed by atoms with E-state index in [4.69, 9.17) is 0 Å². The average molecular weight is 237 g/mol. The third-order valence-electron chi connectivity index (χ3n) is 2.62. The van der Waals surface area contributed by atoms with Crippen LogP contribution in [0.15, 0.2) is 30.3 Å². The van der Waals surface area contributed by atoms with Gasteiger partial charge < -0.3 is 5.32 Å². The van der Waals surface area contributed by atoms with Crippen molar-refractivity contribution in [3.8, 4) is 0 Å². The molecule has 0 aromatic heterocycles. The van der Waals surface area contributed by atoms with Crippen LogP contribution in [-0.2, 0) is 4.79 Å². The Balaban J connectivity index is 2.31. The van der Waals surface area contributed by atoms with E-state index in [-0.39, 0.29) is 11.2 Å². The van der Waals surface area contributed by atoms with Crippen molar-refractivity contribution in [1.29, 1.82) is 0 Å². The van der Waals surface area contributed by atoms with E-state index in [0.717, 1.165) is 6.42 Å². The van der Waals surface area contributed by atoms with Crippen molar-refractivity contribution < 1.29 is 4.79 Å². The second kappa shape index (κ2) is 6.59. The Morgan fingerprint density at radius 2 is 1.94 bits per heavy atom. The molecule has 1 N–H and O–H groups in total. The summed E-state index contributed by atoms with van der Waals surface area (Å²) in [5.41, 5.74) is 1.32. The quantitative estimate of drug-likeness (QED) is 0.757. The Kier molecular flexibility index (Phi) is 5.39. The SMILES string of the molecule is CC(S)C(=O)NCCC(C)c1ccccc1. The lowest BCUT2D eigenvalue weighted by Gasteiger charge is -2.13. The van der Waals surface area contributed by atoms with E-state index < -0.39 is 0 Å². The molecule has 0 bridgehead atoms. The minimum absolute atomic E-state index is 0.00333. The first kappa shape index (κ1) is 13.1. The summed E-state index contributed by atoms with van der Waals surface area (Å²) < 4.78 is 0. The van der Waals surface area contributed by atoms with Gasteiger partial charge in [-0.15, -0.1) is 0 Å². The number of hydrogen-bond acceptors (Lipinski definition) is 2. The molecule has 0 aliphatic carbocycles. The van der Waals surface area contributed by atoms with Gasteiger partial charge in [-0.2, -0.15) is 12.6 Å². The summed E-state index contributed by atoms with van der Waals surface area (Å²) in [5.74, 6) is 0.473. The maximum Gasteiger partial charge on any atom is 0.232 e. The lowest BCUT2D eigenvalue weighted by molar-refractivity contribution is -0.120. The monoisotopic (exact) mass is 237 g/mol. The number of hydrogen-bond donors (Lipinski definition) is 2. The van der Waals surface area contributed by atoms with Gasteiger partial charge in [0.25, 0.3) is 0 Å². The summed E-state index contributed by atoms with van der Waals surface area (Å²) in [6.45, 7) is 4.66. The predicted octanol–water partition coefficient (Wildman–Crippen LogP) is 2.61. The van der Waals surface area contributed by atoms with Gasteiger partial charge in [-0.3, -0.25) is 4.79 Å². The number of nitrogens with one attached hydrogen (secondary N) is 1. The van der Waals surface area contributed by atoms with Crippen LogP contribution in [0.3, 0.4) is 0 Å². The summed E-state index contributed by atoms with van der Waals surface area (Å²) in [6, 6.07) is 10.3. The standard InChI is InChI=1S/C13H19NOS/c1-10(12-6-4-3-5-7-12)8-9-14-13(15)11(2)16/h3-7,10-11,16H,8-9H2,1-2H3,(H,14,15). The maximum absolute atomic E-state index is 11.3. The van der Waals surface area contributed by atoms with E-state index in [0.29, 0.717) is 12.5 Å². The zero-order valence-electron chi connectivity index (χ0n) is 9.81. The number of amides is 1. The van der Waals surface area contributed by atoms with Crippen molar-refractivity contribution in [3.63, 3.8) is 0 Å². The van der Waals surface area contributed by atoms with Crippen molar-refractivity contribution in [2.45, 2.75) is 31.4 Å². The highest BCUT2D eigenvalue weighted by atomic mass is 32.1. The number of benzene rings is 1. The molecule has 3 heteroatoms. The Bertz CT molecular complexity index is 324. The molecule has 2 atom stereocenters. The van der Waals surface area contributed by atoms with Crippen molar-refractivity contribution >= 4 is 18.5 Å². The van der Waals surface area contributed by atoms with E-state index in [2.05, 4.69) is 37.0 Å². The second-order valence-corrected chi connectivity index (χ2v) is 4.84. The van der Waals surface area contributed by atoms with Crippen molar-refractivity contribution in [3.05, 3.63) is 35.9 Å². The third-order valence-corrected chi connectivity index (χ3v) is 2.86. The molecule has 16 heavy (non-hydrogen) atoms. The van der Waals surface area contributed by atoms with Crippen LogP contribution in [0.5, 0.6) is 0 Å². The van der Waals surface area contributed by atoms with Crippen LogP contribution in [-0.4, -0.2) is 17.7 Å². The molecule has 1 aromatic carbocycles. The molecule has 0 spiro atoms. The highest BCUT2D eigenvalue weighted by Gasteiger charge is 2.08. The molecule has 0 radical (unpaired) electrons. The van der Waals surface area contributed by atoms with Crippen LogP contribution < -0.4 is 5.32 Å². The predicted molar refractivity (Wildman–Crippen MR) is 70.9 cm³/mol. The molecule has 0 fully saturated rings. The van der Waals surface area contributed by atoms with Crippen molar-refractivity contribution in [1.82, 2.24) is 5.32 Å². The summed E-state index contributed by atoms with van der Waals surface area (Å²) in [7, 11) is 0. The Morgan fingerprint density at radius 3 is 2.50 bits per heavy atom. The minimum Gasteiger partial charge on any atom is -0.355 e. The second-order valence-electron chi connectivity index (χ2n) is 4.07. The Labute approximate surface area is 103 Å². The molecule has 1 amide bonds. The largest absolute Gasteiger partial charge is 0.355 e. The molecule has 0 aliphatic rings. The van der Waals surface area contributed by atoms with E-state index in [9.17, 15) is 4.79 Å². The normalized spacial score (nSPS) is 14.2. The molecule has 2 nitrogen and oxygen atoms in total. The molecular formula is C13H19NOS. The molecule has 0 saturated carbocycles. The number of carbonyl (C=O) groups is 1. The van der Waals surface area contributed by atoms with Crippen LogP contribution in [0, 0.1) is 0 Å². The van der Waals surface area contributed by atoms with Crippen LogP contribution >= 0.6 is 12.6 Å². The van der Waals surface area contributed by atoms with Crippen LogP contribution in [0.25, 0.3) is 0 Å². The zero-order chi connectivity index (χ0) is 12.0. The first-order valence-electron chi connectivity index (χ1n) is 5.62. The number of carbonyl (C=O) groups excluding carboxylic acids is 1. The lowest BCUT2D eigenvalue weighted by Crippen LogP contribution is -2.31. The van der Waals surface area contributed by atoms with Crippen molar-refractivity contribution in [2.75, 3.05) is 6.54 Å². The van der Waals surface area contributed by atoms with Gasteiger partial charge in [-0.05, 0) is 24.8 Å². The third kappa shape index (κ3) is 4.27. The fourth-order valence-corrected chi connectivity index (χ4v) is 1.60. The maximum atomic E-state index is 11.3. The number of thiol groups is 1. The van der Waals surface area contributed by atoms with Crippen molar-refractivity contribution in [2.24, 2.45) is 0 Å². The summed E-state index contributed by atoms with van der Waals surface area (Å²) in [4.78, 5) is 11.3. The summed E-state index contributed by atoms with van der Waals surface area (Å²) in [6.07, 6.45) is 0.955. The smallest absolute Gasteiger partial charge is 0.232 e.